The monoisotopic (exact) mass is 668 g/mol. The number of benzene rings is 1. The second-order valence-corrected chi connectivity index (χ2v) is 16.9. The van der Waals surface area contributed by atoms with Crippen LogP contribution in [0, 0.1) is 0 Å². The Morgan fingerprint density at radius 1 is 0.915 bits per heavy atom. The van der Waals surface area contributed by atoms with Crippen LogP contribution in [-0.4, -0.2) is 46.4 Å². The molecule has 0 saturated heterocycles. The molecule has 0 fully saturated rings. The minimum atomic E-state index is -4.02. The lowest BCUT2D eigenvalue weighted by Gasteiger charge is -2.44. The van der Waals surface area contributed by atoms with E-state index in [9.17, 15) is 14.2 Å². The van der Waals surface area contributed by atoms with Crippen LogP contribution in [0.15, 0.2) is 58.0 Å². The van der Waals surface area contributed by atoms with Crippen LogP contribution in [0.2, 0.25) is 0 Å². The molecule has 0 atom stereocenters. The highest BCUT2D eigenvalue weighted by Gasteiger charge is 2.39. The SMILES string of the molecule is CC(C)(C)OC(=O)CCCN1c2cc3oc(=O)c(-c4ccncc4)cc3cc2C(COP(=O)(OC(C)(C)C)OC(C)(C)C)=CC1(C)C. The van der Waals surface area contributed by atoms with Gasteiger partial charge in [0, 0.05) is 48.1 Å². The van der Waals surface area contributed by atoms with E-state index in [4.69, 9.17) is 22.7 Å². The van der Waals surface area contributed by atoms with Gasteiger partial charge in [-0.05, 0) is 118 Å². The van der Waals surface area contributed by atoms with Crippen molar-refractivity contribution in [2.75, 3.05) is 18.1 Å². The van der Waals surface area contributed by atoms with Gasteiger partial charge in [-0.3, -0.25) is 23.3 Å². The Morgan fingerprint density at radius 3 is 2.09 bits per heavy atom. The predicted molar refractivity (Wildman–Crippen MR) is 185 cm³/mol. The van der Waals surface area contributed by atoms with Crippen LogP contribution in [-0.2, 0) is 27.7 Å². The smallest absolute Gasteiger partial charge is 0.460 e. The first-order valence-corrected chi connectivity index (χ1v) is 17.4. The van der Waals surface area contributed by atoms with Crippen molar-refractivity contribution in [2.45, 2.75) is 111 Å². The van der Waals surface area contributed by atoms with Gasteiger partial charge < -0.3 is 14.1 Å². The van der Waals surface area contributed by atoms with Crippen LogP contribution in [0.25, 0.3) is 27.7 Å². The molecular weight excluding hydrogens is 619 g/mol. The summed E-state index contributed by atoms with van der Waals surface area (Å²) in [6, 6.07) is 9.11. The van der Waals surface area contributed by atoms with Gasteiger partial charge in [-0.15, -0.1) is 0 Å². The summed E-state index contributed by atoms with van der Waals surface area (Å²) >= 11 is 0. The van der Waals surface area contributed by atoms with Gasteiger partial charge >= 0.3 is 19.4 Å². The number of hydrogen-bond acceptors (Lipinski definition) is 10. The van der Waals surface area contributed by atoms with Gasteiger partial charge in [-0.1, -0.05) is 6.08 Å². The second-order valence-electron chi connectivity index (χ2n) is 15.4. The van der Waals surface area contributed by atoms with Gasteiger partial charge in [0.05, 0.1) is 28.9 Å². The predicted octanol–water partition coefficient (Wildman–Crippen LogP) is 8.71. The van der Waals surface area contributed by atoms with E-state index in [1.807, 2.05) is 46.8 Å². The second kappa shape index (κ2) is 13.3. The highest BCUT2D eigenvalue weighted by atomic mass is 31.2. The Morgan fingerprint density at radius 2 is 1.51 bits per heavy atom. The first kappa shape index (κ1) is 36.5. The molecule has 2 aromatic heterocycles. The van der Waals surface area contributed by atoms with Gasteiger partial charge in [0.15, 0.2) is 0 Å². The van der Waals surface area contributed by atoms with Crippen molar-refractivity contribution in [1.82, 2.24) is 4.98 Å². The Bertz CT molecular complexity index is 1720. The number of phosphoric ester groups is 1. The van der Waals surface area contributed by atoms with Gasteiger partial charge in [-0.25, -0.2) is 9.36 Å². The van der Waals surface area contributed by atoms with Crippen LogP contribution in [0.3, 0.4) is 0 Å². The van der Waals surface area contributed by atoms with Crippen LogP contribution in [0.5, 0.6) is 0 Å². The molecule has 0 N–H and O–H groups in total. The number of fused-ring (bicyclic) bond motifs is 2. The van der Waals surface area contributed by atoms with Crippen molar-refractivity contribution in [3.8, 4) is 11.1 Å². The third-order valence-corrected chi connectivity index (χ3v) is 9.02. The average molecular weight is 669 g/mol. The Balaban J connectivity index is 1.78. The number of rotatable bonds is 10. The number of nitrogens with zero attached hydrogens (tertiary/aromatic N) is 2. The number of carbonyl (C=O) groups is 1. The minimum absolute atomic E-state index is 0.0644. The lowest BCUT2D eigenvalue weighted by Crippen LogP contribution is -2.46. The number of pyridine rings is 1. The number of anilines is 1. The maximum absolute atomic E-state index is 14.0. The molecule has 0 saturated carbocycles. The molecule has 256 valence electrons. The van der Waals surface area contributed by atoms with Crippen molar-refractivity contribution in [3.63, 3.8) is 0 Å². The third-order valence-electron chi connectivity index (χ3n) is 7.03. The summed E-state index contributed by atoms with van der Waals surface area (Å²) in [5.41, 5.74) is 0.704. The van der Waals surface area contributed by atoms with E-state index in [1.165, 1.54) is 0 Å². The molecule has 0 bridgehead atoms. The lowest BCUT2D eigenvalue weighted by molar-refractivity contribution is -0.154. The number of aromatic nitrogens is 1. The van der Waals surface area contributed by atoms with Crippen LogP contribution < -0.4 is 10.5 Å². The van der Waals surface area contributed by atoms with E-state index < -0.39 is 35.8 Å². The van der Waals surface area contributed by atoms with Crippen LogP contribution in [0.4, 0.5) is 5.69 Å². The molecule has 0 amide bonds. The molecule has 0 spiro atoms. The Kier molecular flexibility index (Phi) is 10.3. The Labute approximate surface area is 278 Å². The molecule has 1 aliphatic heterocycles. The number of phosphoric acid groups is 1. The molecule has 3 heterocycles. The zero-order chi connectivity index (χ0) is 35.0. The van der Waals surface area contributed by atoms with Gasteiger partial charge in [0.2, 0.25) is 0 Å². The first-order chi connectivity index (χ1) is 21.5. The molecule has 1 aliphatic rings. The quantitative estimate of drug-likeness (QED) is 0.118. The van der Waals surface area contributed by atoms with Gasteiger partial charge in [-0.2, -0.15) is 0 Å². The molecule has 0 unspecified atom stereocenters. The number of hydrogen-bond donors (Lipinski definition) is 0. The normalized spacial score (nSPS) is 15.4. The topological polar surface area (TPSA) is 117 Å². The summed E-state index contributed by atoms with van der Waals surface area (Å²) in [5, 5.41) is 0.703. The lowest BCUT2D eigenvalue weighted by atomic mass is 9.87. The van der Waals surface area contributed by atoms with E-state index in [-0.39, 0.29) is 19.0 Å². The fourth-order valence-electron chi connectivity index (χ4n) is 5.45. The van der Waals surface area contributed by atoms with Crippen molar-refractivity contribution < 1.29 is 32.1 Å². The molecular formula is C36H49N2O8P. The van der Waals surface area contributed by atoms with E-state index in [0.717, 1.165) is 16.8 Å². The Hall–Kier alpha value is -3.30. The van der Waals surface area contributed by atoms with Crippen LogP contribution in [0.1, 0.15) is 94.6 Å². The maximum Gasteiger partial charge on any atom is 0.476 e. The first-order valence-electron chi connectivity index (χ1n) is 15.9. The van der Waals surface area contributed by atoms with Crippen molar-refractivity contribution in [1.29, 1.82) is 0 Å². The molecule has 3 aromatic rings. The number of esters is 1. The molecule has 47 heavy (non-hydrogen) atoms. The largest absolute Gasteiger partial charge is 0.476 e. The van der Waals surface area contributed by atoms with Crippen molar-refractivity contribution >= 4 is 36.0 Å². The van der Waals surface area contributed by atoms with E-state index in [0.29, 0.717) is 35.1 Å². The standard InChI is InChI=1S/C36H49N2O8P/c1-33(2,3)44-31(39)13-12-18-38-29-21-30-25(20-28(32(40)43-30)24-14-16-37-17-15-24)19-27(29)26(22-36(38,10)11)23-42-47(41,45-34(4,5)6)46-35(7,8)9/h14-17,19-22H,12-13,18,23H2,1-11H3. The number of ether oxygens (including phenoxy) is 1. The fourth-order valence-corrected chi connectivity index (χ4v) is 7.24. The zero-order valence-corrected chi connectivity index (χ0v) is 30.4. The summed E-state index contributed by atoms with van der Waals surface area (Å²) in [4.78, 5) is 31.9. The van der Waals surface area contributed by atoms with Crippen molar-refractivity contribution in [2.24, 2.45) is 0 Å². The molecule has 4 rings (SSSR count). The van der Waals surface area contributed by atoms with Crippen molar-refractivity contribution in [3.05, 3.63) is 64.8 Å². The highest BCUT2D eigenvalue weighted by Crippen LogP contribution is 2.56. The molecule has 11 heteroatoms. The van der Waals surface area contributed by atoms with E-state index in [1.54, 1.807) is 72.1 Å². The summed E-state index contributed by atoms with van der Waals surface area (Å²) < 4.78 is 43.2. The molecule has 1 aromatic carbocycles. The summed E-state index contributed by atoms with van der Waals surface area (Å²) in [6.45, 7) is 20.9. The maximum atomic E-state index is 14.0. The third kappa shape index (κ3) is 9.86. The van der Waals surface area contributed by atoms with Crippen LogP contribution >= 0.6 is 7.82 Å². The average Bonchev–Trinajstić information content (AvgIpc) is 2.89. The van der Waals surface area contributed by atoms with E-state index >= 15 is 0 Å². The molecule has 0 aliphatic carbocycles. The zero-order valence-electron chi connectivity index (χ0n) is 29.6. The summed E-state index contributed by atoms with van der Waals surface area (Å²) in [7, 11) is -4.02. The summed E-state index contributed by atoms with van der Waals surface area (Å²) in [5.74, 6) is -0.265. The minimum Gasteiger partial charge on any atom is -0.460 e. The van der Waals surface area contributed by atoms with E-state index in [2.05, 4.69) is 16.0 Å². The number of carbonyl (C=O) groups excluding carboxylic acids is 1. The fraction of sp³-hybridized carbons (Fsp3) is 0.528. The van der Waals surface area contributed by atoms with Gasteiger partial charge in [0.1, 0.15) is 11.2 Å². The summed E-state index contributed by atoms with van der Waals surface area (Å²) in [6.07, 6.45) is 6.09. The van der Waals surface area contributed by atoms with Gasteiger partial charge in [0.25, 0.3) is 0 Å². The molecule has 10 nitrogen and oxygen atoms in total. The highest BCUT2D eigenvalue weighted by molar-refractivity contribution is 7.48. The molecule has 0 radical (unpaired) electrons.